The summed E-state index contributed by atoms with van der Waals surface area (Å²) in [6.07, 6.45) is 4.37. The smallest absolute Gasteiger partial charge is 0.183 e. The molecule has 1 aromatic heterocycles. The molecule has 0 fully saturated rings. The Morgan fingerprint density at radius 1 is 1.24 bits per heavy atom. The van der Waals surface area contributed by atoms with Crippen molar-refractivity contribution in [3.63, 3.8) is 0 Å². The standard InChI is InChI=1S/C14H16N2O/c1-2-3-9-14(17)13-10-11-16(15-13)12-7-5-4-6-8-12/h4-8,10-11H,2-3,9H2,1H3. The largest absolute Gasteiger partial charge is 0.292 e. The second kappa shape index (κ2) is 5.43. The minimum Gasteiger partial charge on any atom is -0.292 e. The Kier molecular flexibility index (Phi) is 3.70. The van der Waals surface area contributed by atoms with Gasteiger partial charge in [-0.25, -0.2) is 4.68 Å². The number of benzene rings is 1. The predicted molar refractivity (Wildman–Crippen MR) is 67.4 cm³/mol. The second-order valence-corrected chi connectivity index (χ2v) is 4.01. The van der Waals surface area contributed by atoms with Gasteiger partial charge in [0, 0.05) is 12.6 Å². The molecule has 0 amide bonds. The number of rotatable bonds is 5. The van der Waals surface area contributed by atoms with E-state index >= 15 is 0 Å². The van der Waals surface area contributed by atoms with Gasteiger partial charge in [0.1, 0.15) is 5.69 Å². The van der Waals surface area contributed by atoms with Crippen molar-refractivity contribution in [1.82, 2.24) is 9.78 Å². The Morgan fingerprint density at radius 2 is 2.00 bits per heavy atom. The van der Waals surface area contributed by atoms with Crippen LogP contribution in [0.3, 0.4) is 0 Å². The van der Waals surface area contributed by atoms with E-state index in [9.17, 15) is 4.79 Å². The van der Waals surface area contributed by atoms with Gasteiger partial charge in [-0.15, -0.1) is 0 Å². The highest BCUT2D eigenvalue weighted by molar-refractivity contribution is 5.94. The first-order valence-corrected chi connectivity index (χ1v) is 5.95. The average Bonchev–Trinajstić information content (AvgIpc) is 2.86. The molecule has 0 bridgehead atoms. The topological polar surface area (TPSA) is 34.9 Å². The number of unbranched alkanes of at least 4 members (excludes halogenated alkanes) is 1. The summed E-state index contributed by atoms with van der Waals surface area (Å²) in [5.74, 6) is 0.126. The van der Waals surface area contributed by atoms with E-state index in [1.807, 2.05) is 36.5 Å². The molecule has 3 nitrogen and oxygen atoms in total. The Hall–Kier alpha value is -1.90. The zero-order valence-electron chi connectivity index (χ0n) is 9.97. The molecule has 1 heterocycles. The fraction of sp³-hybridized carbons (Fsp3) is 0.286. The number of Topliss-reactive ketones (excluding diaryl/α,β-unsaturated/α-hetero) is 1. The van der Waals surface area contributed by atoms with Gasteiger partial charge in [-0.1, -0.05) is 31.5 Å². The number of aromatic nitrogens is 2. The minimum atomic E-state index is 0.126. The van der Waals surface area contributed by atoms with Crippen LogP contribution in [-0.4, -0.2) is 15.6 Å². The van der Waals surface area contributed by atoms with E-state index in [4.69, 9.17) is 0 Å². The summed E-state index contributed by atoms with van der Waals surface area (Å²) in [6, 6.07) is 11.6. The molecule has 0 aliphatic carbocycles. The van der Waals surface area contributed by atoms with Gasteiger partial charge in [0.25, 0.3) is 0 Å². The molecule has 0 saturated heterocycles. The highest BCUT2D eigenvalue weighted by Gasteiger charge is 2.09. The van der Waals surface area contributed by atoms with Gasteiger partial charge in [0.2, 0.25) is 0 Å². The Balaban J connectivity index is 2.14. The average molecular weight is 228 g/mol. The quantitative estimate of drug-likeness (QED) is 0.736. The molecule has 88 valence electrons. The van der Waals surface area contributed by atoms with Gasteiger partial charge in [0.05, 0.1) is 5.69 Å². The van der Waals surface area contributed by atoms with Crippen LogP contribution in [0.25, 0.3) is 5.69 Å². The van der Waals surface area contributed by atoms with Gasteiger partial charge >= 0.3 is 0 Å². The van der Waals surface area contributed by atoms with Crippen molar-refractivity contribution >= 4 is 5.78 Å². The summed E-state index contributed by atoms with van der Waals surface area (Å²) < 4.78 is 1.74. The first kappa shape index (κ1) is 11.6. The molecule has 2 rings (SSSR count). The van der Waals surface area contributed by atoms with E-state index in [1.54, 1.807) is 10.7 Å². The fourth-order valence-corrected chi connectivity index (χ4v) is 1.66. The number of carbonyl (C=O) groups is 1. The molecule has 17 heavy (non-hydrogen) atoms. The molecule has 0 aliphatic rings. The molecule has 0 saturated carbocycles. The molecule has 0 atom stereocenters. The van der Waals surface area contributed by atoms with E-state index < -0.39 is 0 Å². The molecular formula is C14H16N2O. The van der Waals surface area contributed by atoms with Crippen LogP contribution < -0.4 is 0 Å². The van der Waals surface area contributed by atoms with Crippen molar-refractivity contribution in [2.45, 2.75) is 26.2 Å². The van der Waals surface area contributed by atoms with Crippen LogP contribution in [0.4, 0.5) is 0 Å². The highest BCUT2D eigenvalue weighted by Crippen LogP contribution is 2.09. The molecule has 0 unspecified atom stereocenters. The van der Waals surface area contributed by atoms with Crippen LogP contribution in [-0.2, 0) is 0 Å². The van der Waals surface area contributed by atoms with Crippen molar-refractivity contribution in [3.05, 3.63) is 48.3 Å². The van der Waals surface area contributed by atoms with Gasteiger partial charge in [-0.05, 0) is 24.6 Å². The number of nitrogens with zero attached hydrogens (tertiary/aromatic N) is 2. The molecule has 3 heteroatoms. The molecule has 0 radical (unpaired) electrons. The van der Waals surface area contributed by atoms with Crippen LogP contribution in [0.5, 0.6) is 0 Å². The van der Waals surface area contributed by atoms with Crippen molar-refractivity contribution in [2.75, 3.05) is 0 Å². The first-order chi connectivity index (χ1) is 8.31. The molecule has 0 N–H and O–H groups in total. The predicted octanol–water partition coefficient (Wildman–Crippen LogP) is 3.25. The number of hydrogen-bond donors (Lipinski definition) is 0. The number of ketones is 1. The normalized spacial score (nSPS) is 10.4. The van der Waals surface area contributed by atoms with Crippen molar-refractivity contribution in [3.8, 4) is 5.69 Å². The zero-order chi connectivity index (χ0) is 12.1. The Morgan fingerprint density at radius 3 is 2.71 bits per heavy atom. The highest BCUT2D eigenvalue weighted by atomic mass is 16.1. The van der Waals surface area contributed by atoms with E-state index in [0.29, 0.717) is 12.1 Å². The van der Waals surface area contributed by atoms with Crippen LogP contribution >= 0.6 is 0 Å². The fourth-order valence-electron chi connectivity index (χ4n) is 1.66. The SMILES string of the molecule is CCCCC(=O)c1ccn(-c2ccccc2)n1. The zero-order valence-corrected chi connectivity index (χ0v) is 9.97. The monoisotopic (exact) mass is 228 g/mol. The lowest BCUT2D eigenvalue weighted by atomic mass is 10.1. The minimum absolute atomic E-state index is 0.126. The van der Waals surface area contributed by atoms with E-state index in [-0.39, 0.29) is 5.78 Å². The maximum absolute atomic E-state index is 11.8. The van der Waals surface area contributed by atoms with Gasteiger partial charge in [-0.3, -0.25) is 4.79 Å². The third kappa shape index (κ3) is 2.81. The molecule has 1 aromatic carbocycles. The van der Waals surface area contributed by atoms with E-state index in [0.717, 1.165) is 18.5 Å². The maximum atomic E-state index is 11.8. The van der Waals surface area contributed by atoms with E-state index in [2.05, 4.69) is 12.0 Å². The third-order valence-corrected chi connectivity index (χ3v) is 2.65. The second-order valence-electron chi connectivity index (χ2n) is 4.01. The lowest BCUT2D eigenvalue weighted by Crippen LogP contribution is -2.02. The summed E-state index contributed by atoms with van der Waals surface area (Å²) >= 11 is 0. The lowest BCUT2D eigenvalue weighted by Gasteiger charge is -1.99. The van der Waals surface area contributed by atoms with Gasteiger partial charge < -0.3 is 0 Å². The van der Waals surface area contributed by atoms with Gasteiger partial charge in [-0.2, -0.15) is 5.10 Å². The van der Waals surface area contributed by atoms with Crippen LogP contribution in [0.2, 0.25) is 0 Å². The first-order valence-electron chi connectivity index (χ1n) is 5.95. The van der Waals surface area contributed by atoms with Crippen LogP contribution in [0.1, 0.15) is 36.7 Å². The van der Waals surface area contributed by atoms with Gasteiger partial charge in [0.15, 0.2) is 5.78 Å². The summed E-state index contributed by atoms with van der Waals surface area (Å²) in [7, 11) is 0. The molecule has 0 aliphatic heterocycles. The van der Waals surface area contributed by atoms with Crippen molar-refractivity contribution in [2.24, 2.45) is 0 Å². The summed E-state index contributed by atoms with van der Waals surface area (Å²) in [6.45, 7) is 2.08. The Labute approximate surface area is 101 Å². The van der Waals surface area contributed by atoms with E-state index in [1.165, 1.54) is 0 Å². The number of hydrogen-bond acceptors (Lipinski definition) is 2. The van der Waals surface area contributed by atoms with Crippen molar-refractivity contribution < 1.29 is 4.79 Å². The Bertz CT molecular complexity index is 488. The summed E-state index contributed by atoms with van der Waals surface area (Å²) in [4.78, 5) is 11.8. The molecule has 2 aromatic rings. The number of para-hydroxylation sites is 1. The maximum Gasteiger partial charge on any atom is 0.183 e. The lowest BCUT2D eigenvalue weighted by molar-refractivity contribution is 0.0974. The molecular weight excluding hydrogens is 212 g/mol. The summed E-state index contributed by atoms with van der Waals surface area (Å²) in [5, 5.41) is 4.30. The summed E-state index contributed by atoms with van der Waals surface area (Å²) in [5.41, 5.74) is 1.53. The van der Waals surface area contributed by atoms with Crippen molar-refractivity contribution in [1.29, 1.82) is 0 Å². The number of carbonyl (C=O) groups excluding carboxylic acids is 1. The van der Waals surface area contributed by atoms with Crippen LogP contribution in [0.15, 0.2) is 42.6 Å². The van der Waals surface area contributed by atoms with Crippen LogP contribution in [0, 0.1) is 0 Å². The third-order valence-electron chi connectivity index (χ3n) is 2.65. The molecule has 0 spiro atoms.